The lowest BCUT2D eigenvalue weighted by Gasteiger charge is -2.33. The fraction of sp³-hybridized carbons (Fsp3) is 0.609. The molecule has 1 saturated heterocycles. The molecule has 0 aliphatic carbocycles. The molecule has 1 fully saturated rings. The molecule has 0 spiro atoms. The topological polar surface area (TPSA) is 66.9 Å². The molecule has 0 bridgehead atoms. The molecule has 0 aromatic heterocycles. The number of piperidine rings is 1. The second kappa shape index (κ2) is 10.4. The lowest BCUT2D eigenvalue weighted by atomic mass is 9.94. The van der Waals surface area contributed by atoms with Crippen LogP contribution < -0.4 is 0 Å². The van der Waals surface area contributed by atoms with Gasteiger partial charge in [0.1, 0.15) is 0 Å². The number of hydrogen-bond donors (Lipinski definition) is 0. The molecule has 0 saturated carbocycles. The standard InChI is InChI=1S/C23H34N2O4/c1-5-29-21(27)19-11-14-24(15-12-19)20(26)13-16-25(22(28)23(2,3)4)17-18-9-7-6-8-10-18/h6-10,19H,5,11-17H2,1-4H3. The number of likely N-dealkylation sites (tertiary alicyclic amines) is 1. The summed E-state index contributed by atoms with van der Waals surface area (Å²) in [5.41, 5.74) is 0.545. The number of hydrogen-bond acceptors (Lipinski definition) is 4. The Bertz CT molecular complexity index is 689. The van der Waals surface area contributed by atoms with Crippen molar-refractivity contribution in [1.29, 1.82) is 0 Å². The van der Waals surface area contributed by atoms with Crippen molar-refractivity contribution in [3.05, 3.63) is 35.9 Å². The molecule has 6 nitrogen and oxygen atoms in total. The number of carbonyl (C=O) groups excluding carboxylic acids is 3. The van der Waals surface area contributed by atoms with Crippen molar-refractivity contribution in [3.63, 3.8) is 0 Å². The van der Waals surface area contributed by atoms with Crippen LogP contribution in [0, 0.1) is 11.3 Å². The normalized spacial score (nSPS) is 15.1. The highest BCUT2D eigenvalue weighted by Crippen LogP contribution is 2.21. The monoisotopic (exact) mass is 402 g/mol. The van der Waals surface area contributed by atoms with Gasteiger partial charge in [-0.3, -0.25) is 14.4 Å². The summed E-state index contributed by atoms with van der Waals surface area (Å²) in [5, 5.41) is 0. The van der Waals surface area contributed by atoms with Crippen LogP contribution in [0.25, 0.3) is 0 Å². The molecule has 0 atom stereocenters. The van der Waals surface area contributed by atoms with Gasteiger partial charge in [-0.05, 0) is 25.3 Å². The van der Waals surface area contributed by atoms with E-state index in [0.29, 0.717) is 52.0 Å². The lowest BCUT2D eigenvalue weighted by Crippen LogP contribution is -2.44. The molecular formula is C23H34N2O4. The van der Waals surface area contributed by atoms with Crippen LogP contribution in [-0.4, -0.2) is 53.8 Å². The molecular weight excluding hydrogens is 368 g/mol. The van der Waals surface area contributed by atoms with Crippen LogP contribution in [-0.2, 0) is 25.7 Å². The van der Waals surface area contributed by atoms with E-state index in [9.17, 15) is 14.4 Å². The smallest absolute Gasteiger partial charge is 0.309 e. The van der Waals surface area contributed by atoms with Gasteiger partial charge in [0.05, 0.1) is 12.5 Å². The Morgan fingerprint density at radius 2 is 1.72 bits per heavy atom. The van der Waals surface area contributed by atoms with Crippen molar-refractivity contribution in [2.75, 3.05) is 26.2 Å². The first-order valence-electron chi connectivity index (χ1n) is 10.5. The van der Waals surface area contributed by atoms with Crippen molar-refractivity contribution in [2.24, 2.45) is 11.3 Å². The van der Waals surface area contributed by atoms with Gasteiger partial charge in [-0.15, -0.1) is 0 Å². The van der Waals surface area contributed by atoms with Crippen LogP contribution in [0.2, 0.25) is 0 Å². The third-order valence-corrected chi connectivity index (χ3v) is 5.21. The molecule has 0 N–H and O–H groups in total. The average Bonchev–Trinajstić information content (AvgIpc) is 2.70. The fourth-order valence-electron chi connectivity index (χ4n) is 3.54. The van der Waals surface area contributed by atoms with Crippen molar-refractivity contribution in [3.8, 4) is 0 Å². The van der Waals surface area contributed by atoms with E-state index in [-0.39, 0.29) is 23.7 Å². The largest absolute Gasteiger partial charge is 0.466 e. The molecule has 29 heavy (non-hydrogen) atoms. The van der Waals surface area contributed by atoms with Gasteiger partial charge in [-0.25, -0.2) is 0 Å². The maximum atomic E-state index is 12.9. The predicted molar refractivity (Wildman–Crippen MR) is 112 cm³/mol. The van der Waals surface area contributed by atoms with Crippen LogP contribution >= 0.6 is 0 Å². The summed E-state index contributed by atoms with van der Waals surface area (Å²) in [5.74, 6) is -0.206. The molecule has 1 aromatic carbocycles. The molecule has 1 aromatic rings. The summed E-state index contributed by atoms with van der Waals surface area (Å²) < 4.78 is 5.08. The van der Waals surface area contributed by atoms with E-state index >= 15 is 0 Å². The Labute approximate surface area is 174 Å². The molecule has 1 aliphatic rings. The highest BCUT2D eigenvalue weighted by atomic mass is 16.5. The summed E-state index contributed by atoms with van der Waals surface area (Å²) in [7, 11) is 0. The van der Waals surface area contributed by atoms with Crippen LogP contribution in [0.4, 0.5) is 0 Å². The first kappa shape index (κ1) is 22.9. The zero-order chi connectivity index (χ0) is 21.4. The highest BCUT2D eigenvalue weighted by Gasteiger charge is 2.30. The Balaban J connectivity index is 1.92. The molecule has 2 amide bonds. The van der Waals surface area contributed by atoms with Gasteiger partial charge in [-0.1, -0.05) is 51.1 Å². The van der Waals surface area contributed by atoms with Gasteiger partial charge in [0.2, 0.25) is 11.8 Å². The van der Waals surface area contributed by atoms with Gasteiger partial charge in [0.25, 0.3) is 0 Å². The van der Waals surface area contributed by atoms with Gasteiger partial charge in [0, 0.05) is 38.0 Å². The summed E-state index contributed by atoms with van der Waals surface area (Å²) >= 11 is 0. The Hall–Kier alpha value is -2.37. The summed E-state index contributed by atoms with van der Waals surface area (Å²) in [4.78, 5) is 41.0. The van der Waals surface area contributed by atoms with E-state index in [1.165, 1.54) is 0 Å². The maximum Gasteiger partial charge on any atom is 0.309 e. The zero-order valence-corrected chi connectivity index (χ0v) is 18.1. The summed E-state index contributed by atoms with van der Waals surface area (Å²) in [6.45, 7) is 9.90. The highest BCUT2D eigenvalue weighted by molar-refractivity contribution is 5.83. The number of ether oxygens (including phenoxy) is 1. The molecule has 0 unspecified atom stereocenters. The Kier molecular flexibility index (Phi) is 8.23. The number of nitrogens with zero attached hydrogens (tertiary/aromatic N) is 2. The van der Waals surface area contributed by atoms with Crippen molar-refractivity contribution < 1.29 is 19.1 Å². The third kappa shape index (κ3) is 6.87. The lowest BCUT2D eigenvalue weighted by molar-refractivity contribution is -0.151. The second-order valence-corrected chi connectivity index (χ2v) is 8.62. The Morgan fingerprint density at radius 1 is 1.10 bits per heavy atom. The van der Waals surface area contributed by atoms with Crippen molar-refractivity contribution in [2.45, 2.75) is 53.5 Å². The molecule has 1 aliphatic heterocycles. The number of benzene rings is 1. The maximum absolute atomic E-state index is 12.9. The Morgan fingerprint density at radius 3 is 2.28 bits per heavy atom. The van der Waals surface area contributed by atoms with Gasteiger partial charge in [-0.2, -0.15) is 0 Å². The minimum Gasteiger partial charge on any atom is -0.466 e. The molecule has 0 radical (unpaired) electrons. The fourth-order valence-corrected chi connectivity index (χ4v) is 3.54. The minimum atomic E-state index is -0.504. The third-order valence-electron chi connectivity index (χ3n) is 5.21. The van der Waals surface area contributed by atoms with E-state index in [2.05, 4.69) is 0 Å². The van der Waals surface area contributed by atoms with Crippen molar-refractivity contribution >= 4 is 17.8 Å². The van der Waals surface area contributed by atoms with E-state index in [4.69, 9.17) is 4.74 Å². The number of rotatable bonds is 7. The zero-order valence-electron chi connectivity index (χ0n) is 18.1. The predicted octanol–water partition coefficient (Wildman–Crippen LogP) is 3.25. The van der Waals surface area contributed by atoms with Crippen LogP contribution in [0.5, 0.6) is 0 Å². The van der Waals surface area contributed by atoms with Gasteiger partial charge in [0.15, 0.2) is 0 Å². The quantitative estimate of drug-likeness (QED) is 0.657. The van der Waals surface area contributed by atoms with Crippen LogP contribution in [0.1, 0.15) is 52.5 Å². The molecule has 6 heteroatoms. The average molecular weight is 403 g/mol. The van der Waals surface area contributed by atoms with E-state index in [1.54, 1.807) is 16.7 Å². The number of esters is 1. The van der Waals surface area contributed by atoms with Crippen molar-refractivity contribution in [1.82, 2.24) is 9.80 Å². The SMILES string of the molecule is CCOC(=O)C1CCN(C(=O)CCN(Cc2ccccc2)C(=O)C(C)(C)C)CC1. The summed E-state index contributed by atoms with van der Waals surface area (Å²) in [6, 6.07) is 9.83. The van der Waals surface area contributed by atoms with Gasteiger partial charge < -0.3 is 14.5 Å². The first-order valence-corrected chi connectivity index (χ1v) is 10.5. The van der Waals surface area contributed by atoms with E-state index in [0.717, 1.165) is 5.56 Å². The second-order valence-electron chi connectivity index (χ2n) is 8.62. The number of amides is 2. The van der Waals surface area contributed by atoms with E-state index < -0.39 is 5.41 Å². The molecule has 1 heterocycles. The molecule has 160 valence electrons. The first-order chi connectivity index (χ1) is 13.7. The van der Waals surface area contributed by atoms with Crippen LogP contribution in [0.15, 0.2) is 30.3 Å². The van der Waals surface area contributed by atoms with E-state index in [1.807, 2.05) is 51.1 Å². The van der Waals surface area contributed by atoms with Gasteiger partial charge >= 0.3 is 5.97 Å². The molecule has 2 rings (SSSR count). The number of carbonyl (C=O) groups is 3. The minimum absolute atomic E-state index is 0.0343. The summed E-state index contributed by atoms with van der Waals surface area (Å²) in [6.07, 6.45) is 1.57. The van der Waals surface area contributed by atoms with Crippen LogP contribution in [0.3, 0.4) is 0 Å².